The van der Waals surface area contributed by atoms with Crippen molar-refractivity contribution in [1.82, 2.24) is 10.6 Å². The molecule has 8 bridgehead atoms. The summed E-state index contributed by atoms with van der Waals surface area (Å²) in [6.45, 7) is 15.9. The summed E-state index contributed by atoms with van der Waals surface area (Å²) in [5, 5.41) is 41.8. The molecule has 49 heavy (non-hydrogen) atoms. The van der Waals surface area contributed by atoms with Crippen molar-refractivity contribution in [1.29, 1.82) is 0 Å². The average molecular weight is 684 g/mol. The van der Waals surface area contributed by atoms with Crippen LogP contribution in [0, 0.1) is 11.8 Å². The van der Waals surface area contributed by atoms with Gasteiger partial charge in [0.05, 0.1) is 40.2 Å². The Morgan fingerprint density at radius 1 is 0.878 bits per heavy atom. The summed E-state index contributed by atoms with van der Waals surface area (Å²) in [6, 6.07) is 0. The summed E-state index contributed by atoms with van der Waals surface area (Å²) >= 11 is 0. The van der Waals surface area contributed by atoms with Crippen LogP contribution in [-0.4, -0.2) is 41.3 Å². The zero-order chi connectivity index (χ0) is 34.0. The molecule has 5 aliphatic heterocycles. The van der Waals surface area contributed by atoms with Crippen LogP contribution < -0.4 is 80.0 Å². The van der Waals surface area contributed by atoms with Gasteiger partial charge < -0.3 is 30.7 Å². The van der Waals surface area contributed by atoms with Gasteiger partial charge in [-0.25, -0.2) is 15.0 Å². The number of aliphatic imine (C=N–C) groups is 3. The third-order valence-corrected chi connectivity index (χ3v) is 10.1. The molecule has 11 heteroatoms. The van der Waals surface area contributed by atoms with E-state index in [0.29, 0.717) is 35.5 Å². The van der Waals surface area contributed by atoms with Crippen LogP contribution in [0.2, 0.25) is 0 Å². The first-order valence-corrected chi connectivity index (χ1v) is 17.0. The molecule has 9 nitrogen and oxygen atoms in total. The number of rotatable bonds is 11. The third kappa shape index (κ3) is 8.63. The minimum Gasteiger partial charge on any atom is -0.629 e. The minimum absolute atomic E-state index is 0. The van der Waals surface area contributed by atoms with Gasteiger partial charge in [0.25, 0.3) is 0 Å². The van der Waals surface area contributed by atoms with Crippen molar-refractivity contribution in [2.75, 3.05) is 13.1 Å². The monoisotopic (exact) mass is 683 g/mol. The van der Waals surface area contributed by atoms with Crippen molar-refractivity contribution in [2.24, 2.45) is 26.8 Å². The van der Waals surface area contributed by atoms with Crippen LogP contribution in [0.25, 0.3) is 0 Å². The Morgan fingerprint density at radius 3 is 2.16 bits per heavy atom. The number of carboxylic acid groups (broad SMARTS) is 1. The third-order valence-electron chi connectivity index (χ3n) is 10.1. The van der Waals surface area contributed by atoms with E-state index in [2.05, 4.69) is 57.4 Å². The zero-order valence-electron chi connectivity index (χ0n) is 30.8. The van der Waals surface area contributed by atoms with Crippen LogP contribution in [-0.2, 0) is 4.79 Å². The van der Waals surface area contributed by atoms with Crippen LogP contribution in [0.15, 0.2) is 107 Å². The molecule has 0 radical (unpaired) electrons. The van der Waals surface area contributed by atoms with Crippen molar-refractivity contribution >= 4 is 23.1 Å². The number of nitrogens with zero attached hydrogens (tertiary/aromatic N) is 3. The normalized spacial score (nSPS) is 22.6. The second kappa shape index (κ2) is 17.8. The molecule has 0 aromatic rings. The van der Waals surface area contributed by atoms with Crippen molar-refractivity contribution in [2.45, 2.75) is 93.4 Å². The summed E-state index contributed by atoms with van der Waals surface area (Å²) in [7, 11) is 0. The first kappa shape index (κ1) is 41.2. The van der Waals surface area contributed by atoms with Gasteiger partial charge in [-0.3, -0.25) is 0 Å². The fraction of sp³-hybridized carbons (Fsp3) is 0.474. The van der Waals surface area contributed by atoms with Crippen LogP contribution in [0.1, 0.15) is 93.4 Å². The first-order valence-electron chi connectivity index (χ1n) is 17.0. The molecule has 0 unspecified atom stereocenters. The molecule has 0 aromatic carbocycles. The number of aliphatic hydroxyl groups excluding tert-OH is 1. The largest absolute Gasteiger partial charge is 1.00 e. The molecular weight excluding hydrogens is 636 g/mol. The van der Waals surface area contributed by atoms with Crippen molar-refractivity contribution in [3.05, 3.63) is 91.7 Å². The minimum atomic E-state index is -1.11. The number of hydrogen-bond acceptors (Lipinski definition) is 9. The molecule has 0 amide bonds. The number of allylic oxidation sites excluding steroid dienone is 11. The van der Waals surface area contributed by atoms with Gasteiger partial charge in [0.2, 0.25) is 0 Å². The molecule has 5 aliphatic rings. The summed E-state index contributed by atoms with van der Waals surface area (Å²) in [6.07, 6.45) is 11.8. The van der Waals surface area contributed by atoms with Gasteiger partial charge in [-0.05, 0) is 112 Å². The van der Waals surface area contributed by atoms with Crippen LogP contribution in [0.5, 0.6) is 0 Å². The van der Waals surface area contributed by atoms with Gasteiger partial charge in [0, 0.05) is 41.3 Å². The second-order valence-corrected chi connectivity index (χ2v) is 13.1. The van der Waals surface area contributed by atoms with Gasteiger partial charge >= 0.3 is 59.1 Å². The summed E-state index contributed by atoms with van der Waals surface area (Å²) < 4.78 is 0. The summed E-state index contributed by atoms with van der Waals surface area (Å²) in [5.41, 5.74) is 11.8. The number of fused-ring (bicyclic) bond motifs is 5. The van der Waals surface area contributed by atoms with E-state index in [9.17, 15) is 20.1 Å². The molecule has 0 aliphatic carbocycles. The zero-order valence-corrected chi connectivity index (χ0v) is 34.8. The maximum Gasteiger partial charge on any atom is 1.00 e. The predicted octanol–water partition coefficient (Wildman–Crippen LogP) is -0.700. The fourth-order valence-electron chi connectivity index (χ4n) is 7.14. The topological polar surface area (TPSA) is 145 Å². The quantitative estimate of drug-likeness (QED) is 0.149. The van der Waals surface area contributed by atoms with Crippen LogP contribution >= 0.6 is 0 Å². The Bertz CT molecular complexity index is 1730. The SMILES string of the molecule is CCCCCCNCC1=C(C)C2=NC1=CC1=NC(=CC3=C(C)/C(=C(/[O-])O)C(=N3)C(C)=C3NC(=C2)[C@@H](C)[C@@H]3CCC(=O)[O-])C(CC)=C1C.[Na+].[Na+]. The molecule has 0 spiro atoms. The summed E-state index contributed by atoms with van der Waals surface area (Å²) in [4.78, 5) is 26.7. The van der Waals surface area contributed by atoms with E-state index in [4.69, 9.17) is 15.0 Å². The maximum absolute atomic E-state index is 12.6. The smallest absolute Gasteiger partial charge is 0.629 e. The van der Waals surface area contributed by atoms with Gasteiger partial charge in [0.1, 0.15) is 0 Å². The number of hydrogen-bond donors (Lipinski definition) is 3. The van der Waals surface area contributed by atoms with E-state index < -0.39 is 11.9 Å². The van der Waals surface area contributed by atoms with Crippen LogP contribution in [0.3, 0.4) is 0 Å². The molecule has 5 heterocycles. The Balaban J connectivity index is 0.00000325. The standard InChI is InChI=1S/C38H49N5O4.2Na/c1-8-10-11-12-15-39-19-27-22(5)28-16-30-21(4)26(13-14-34(44)45)36(42-30)24(7)37-35(38(46)47)23(6)31(43-37)18-32-25(9-2)20(3)29(40-32)17-33(27)41-28;;/h16-18,21,26,39,42,46-47H,8-15,19H2,1-7H3,(H,44,45);;/q;2*+1/p-2/t21-,26-;;/m0../s1. The van der Waals surface area contributed by atoms with E-state index in [1.165, 1.54) is 19.3 Å². The van der Waals surface area contributed by atoms with Crippen molar-refractivity contribution in [3.63, 3.8) is 0 Å². The fourth-order valence-corrected chi connectivity index (χ4v) is 7.14. The van der Waals surface area contributed by atoms with E-state index in [1.54, 1.807) is 6.92 Å². The molecular formula is C38H47N5Na2O4. The van der Waals surface area contributed by atoms with Crippen LogP contribution in [0.4, 0.5) is 0 Å². The number of aliphatic hydroxyl groups is 1. The van der Waals surface area contributed by atoms with Gasteiger partial charge in [-0.1, -0.05) is 40.0 Å². The van der Waals surface area contributed by atoms with E-state index in [-0.39, 0.29) is 82.9 Å². The molecule has 0 aromatic heterocycles. The van der Waals surface area contributed by atoms with E-state index in [0.717, 1.165) is 75.9 Å². The maximum atomic E-state index is 12.6. The first-order chi connectivity index (χ1) is 22.5. The van der Waals surface area contributed by atoms with Crippen molar-refractivity contribution < 1.29 is 79.2 Å². The molecule has 250 valence electrons. The number of carbonyl (C=O) groups is 1. The molecule has 1 saturated heterocycles. The van der Waals surface area contributed by atoms with Gasteiger partial charge in [-0.15, -0.1) is 0 Å². The Kier molecular flexibility index (Phi) is 15.0. The Labute approximate surface area is 335 Å². The number of nitrogens with one attached hydrogen (secondary N) is 2. The Hall–Kier alpha value is -2.24. The number of carbonyl (C=O) groups excluding carboxylic acids is 1. The molecule has 3 N–H and O–H groups in total. The Morgan fingerprint density at radius 2 is 1.53 bits per heavy atom. The molecule has 1 fully saturated rings. The number of carboxylic acids is 1. The summed E-state index contributed by atoms with van der Waals surface area (Å²) in [5.74, 6) is -2.43. The second-order valence-electron chi connectivity index (χ2n) is 13.1. The van der Waals surface area contributed by atoms with Crippen molar-refractivity contribution in [3.8, 4) is 0 Å². The average Bonchev–Trinajstić information content (AvgIpc) is 3.71. The predicted molar refractivity (Wildman–Crippen MR) is 184 cm³/mol. The molecule has 2 atom stereocenters. The molecule has 5 rings (SSSR count). The van der Waals surface area contributed by atoms with E-state index in [1.807, 2.05) is 13.0 Å². The van der Waals surface area contributed by atoms with E-state index >= 15 is 0 Å². The number of aliphatic carboxylic acids is 1. The molecule has 0 saturated carbocycles. The van der Waals surface area contributed by atoms with Gasteiger partial charge in [-0.2, -0.15) is 0 Å². The van der Waals surface area contributed by atoms with Gasteiger partial charge in [0.15, 0.2) is 0 Å². The number of unbranched alkanes of at least 4 members (excludes halogenated alkanes) is 3.